The Morgan fingerprint density at radius 2 is 2.11 bits per heavy atom. The number of hydrogen-bond donors (Lipinski definition) is 3. The number of rotatable bonds is 10. The lowest BCUT2D eigenvalue weighted by Gasteiger charge is -2.15. The number of carbonyl (C=O) groups is 1. The first-order chi connectivity index (χ1) is 8.47. The summed E-state index contributed by atoms with van der Waals surface area (Å²) in [7, 11) is 0. The van der Waals surface area contributed by atoms with Crippen LogP contribution in [0.4, 0.5) is 0 Å². The summed E-state index contributed by atoms with van der Waals surface area (Å²) in [4.78, 5) is 11.5. The van der Waals surface area contributed by atoms with Gasteiger partial charge in [-0.2, -0.15) is 11.8 Å². The van der Waals surface area contributed by atoms with E-state index in [1.807, 2.05) is 20.1 Å². The van der Waals surface area contributed by atoms with Gasteiger partial charge < -0.3 is 20.9 Å². The Kier molecular flexibility index (Phi) is 10.4. The molecule has 2 unspecified atom stereocenters. The third-order valence-corrected chi connectivity index (χ3v) is 2.89. The van der Waals surface area contributed by atoms with Crippen molar-refractivity contribution in [3.63, 3.8) is 0 Å². The van der Waals surface area contributed by atoms with Crippen LogP contribution in [0.5, 0.6) is 0 Å². The highest BCUT2D eigenvalue weighted by molar-refractivity contribution is 7.98. The highest BCUT2D eigenvalue weighted by Crippen LogP contribution is 1.99. The van der Waals surface area contributed by atoms with Crippen molar-refractivity contribution in [1.29, 1.82) is 0 Å². The Bertz CT molecular complexity index is 227. The van der Waals surface area contributed by atoms with Gasteiger partial charge in [-0.05, 0) is 24.3 Å². The van der Waals surface area contributed by atoms with Crippen molar-refractivity contribution in [2.75, 3.05) is 31.8 Å². The van der Waals surface area contributed by atoms with Crippen molar-refractivity contribution >= 4 is 17.7 Å². The smallest absolute Gasteiger partial charge is 0.237 e. The molecule has 0 aliphatic carbocycles. The van der Waals surface area contributed by atoms with Crippen LogP contribution in [0, 0.1) is 5.92 Å². The van der Waals surface area contributed by atoms with Crippen LogP contribution in [-0.2, 0) is 9.53 Å². The normalized spacial score (nSPS) is 14.6. The molecular formula is C12H26N2O3S. The first-order valence-corrected chi connectivity index (χ1v) is 7.64. The van der Waals surface area contributed by atoms with Crippen LogP contribution in [0.3, 0.4) is 0 Å². The lowest BCUT2D eigenvalue weighted by Crippen LogP contribution is -2.44. The quantitative estimate of drug-likeness (QED) is 0.532. The highest BCUT2D eigenvalue weighted by Gasteiger charge is 2.14. The molecule has 6 heteroatoms. The van der Waals surface area contributed by atoms with Crippen molar-refractivity contribution in [3.05, 3.63) is 0 Å². The van der Waals surface area contributed by atoms with Gasteiger partial charge in [-0.3, -0.25) is 4.79 Å². The second kappa shape index (κ2) is 10.6. The van der Waals surface area contributed by atoms with Gasteiger partial charge in [0.2, 0.25) is 5.91 Å². The zero-order chi connectivity index (χ0) is 14.0. The standard InChI is InChI=1S/C12H26N2O3S/c1-9(2)7-17-8-10(15)6-14-12(16)11(13)4-5-18-3/h9-11,15H,4-8,13H2,1-3H3,(H,14,16). The number of thioether (sulfide) groups is 1. The minimum absolute atomic E-state index is 0.184. The van der Waals surface area contributed by atoms with E-state index >= 15 is 0 Å². The zero-order valence-corrected chi connectivity index (χ0v) is 12.3. The van der Waals surface area contributed by atoms with Gasteiger partial charge in [0.15, 0.2) is 0 Å². The van der Waals surface area contributed by atoms with Crippen LogP contribution < -0.4 is 11.1 Å². The SMILES string of the molecule is CSCCC(N)C(=O)NCC(O)COCC(C)C. The Labute approximate surface area is 114 Å². The molecule has 0 heterocycles. The average Bonchev–Trinajstić information content (AvgIpc) is 2.32. The maximum atomic E-state index is 11.5. The molecule has 0 aromatic carbocycles. The van der Waals surface area contributed by atoms with Crippen LogP contribution in [0.25, 0.3) is 0 Å². The van der Waals surface area contributed by atoms with Crippen molar-refractivity contribution < 1.29 is 14.6 Å². The minimum Gasteiger partial charge on any atom is -0.389 e. The van der Waals surface area contributed by atoms with Gasteiger partial charge >= 0.3 is 0 Å². The number of ether oxygens (including phenoxy) is 1. The van der Waals surface area contributed by atoms with Crippen molar-refractivity contribution in [2.24, 2.45) is 11.7 Å². The fourth-order valence-corrected chi connectivity index (χ4v) is 1.71. The lowest BCUT2D eigenvalue weighted by molar-refractivity contribution is -0.123. The summed E-state index contributed by atoms with van der Waals surface area (Å²) >= 11 is 1.66. The van der Waals surface area contributed by atoms with Crippen molar-refractivity contribution in [3.8, 4) is 0 Å². The molecule has 0 bridgehead atoms. The molecule has 0 radical (unpaired) electrons. The van der Waals surface area contributed by atoms with Gasteiger partial charge in [0.05, 0.1) is 18.8 Å². The Morgan fingerprint density at radius 3 is 2.67 bits per heavy atom. The highest BCUT2D eigenvalue weighted by atomic mass is 32.2. The van der Waals surface area contributed by atoms with Gasteiger partial charge in [-0.15, -0.1) is 0 Å². The first-order valence-electron chi connectivity index (χ1n) is 6.25. The molecule has 0 aromatic rings. The third kappa shape index (κ3) is 9.70. The summed E-state index contributed by atoms with van der Waals surface area (Å²) < 4.78 is 5.28. The van der Waals surface area contributed by atoms with E-state index in [4.69, 9.17) is 10.5 Å². The van der Waals surface area contributed by atoms with Crippen LogP contribution in [0.15, 0.2) is 0 Å². The monoisotopic (exact) mass is 278 g/mol. The number of nitrogens with two attached hydrogens (primary N) is 1. The van der Waals surface area contributed by atoms with E-state index in [9.17, 15) is 9.90 Å². The molecule has 0 aliphatic rings. The van der Waals surface area contributed by atoms with E-state index in [2.05, 4.69) is 5.32 Å². The second-order valence-corrected chi connectivity index (χ2v) is 5.70. The van der Waals surface area contributed by atoms with Gasteiger partial charge in [0.25, 0.3) is 0 Å². The molecule has 0 aromatic heterocycles. The number of nitrogens with one attached hydrogen (secondary N) is 1. The molecule has 0 aliphatic heterocycles. The molecule has 1 amide bonds. The number of aliphatic hydroxyl groups excluding tert-OH is 1. The second-order valence-electron chi connectivity index (χ2n) is 4.72. The summed E-state index contributed by atoms with van der Waals surface area (Å²) in [5.41, 5.74) is 5.69. The lowest BCUT2D eigenvalue weighted by atomic mass is 10.2. The van der Waals surface area contributed by atoms with E-state index in [-0.39, 0.29) is 19.1 Å². The van der Waals surface area contributed by atoms with Crippen LogP contribution in [0.2, 0.25) is 0 Å². The van der Waals surface area contributed by atoms with Crippen molar-refractivity contribution in [1.82, 2.24) is 5.32 Å². The number of carbonyl (C=O) groups excluding carboxylic acids is 1. The summed E-state index contributed by atoms with van der Waals surface area (Å²) in [5, 5.41) is 12.2. The summed E-state index contributed by atoms with van der Waals surface area (Å²) in [6.07, 6.45) is 1.94. The minimum atomic E-state index is -0.680. The Morgan fingerprint density at radius 1 is 1.44 bits per heavy atom. The largest absolute Gasteiger partial charge is 0.389 e. The Balaban J connectivity index is 3.64. The van der Waals surface area contributed by atoms with E-state index in [0.29, 0.717) is 18.9 Å². The molecule has 0 saturated heterocycles. The topological polar surface area (TPSA) is 84.6 Å². The molecule has 108 valence electrons. The van der Waals surface area contributed by atoms with Gasteiger partial charge in [-0.1, -0.05) is 13.8 Å². The number of hydrogen-bond acceptors (Lipinski definition) is 5. The van der Waals surface area contributed by atoms with Gasteiger partial charge in [0, 0.05) is 13.2 Å². The molecule has 0 saturated carbocycles. The summed E-state index contributed by atoms with van der Waals surface area (Å²) in [5.74, 6) is 1.08. The molecule has 2 atom stereocenters. The van der Waals surface area contributed by atoms with Crippen LogP contribution >= 0.6 is 11.8 Å². The first kappa shape index (κ1) is 17.7. The van der Waals surface area contributed by atoms with E-state index in [1.54, 1.807) is 11.8 Å². The molecule has 18 heavy (non-hydrogen) atoms. The Hall–Kier alpha value is -0.300. The zero-order valence-electron chi connectivity index (χ0n) is 11.5. The predicted molar refractivity (Wildman–Crippen MR) is 75.6 cm³/mol. The summed E-state index contributed by atoms with van der Waals surface area (Å²) in [6, 6.07) is -0.499. The van der Waals surface area contributed by atoms with Crippen molar-refractivity contribution in [2.45, 2.75) is 32.4 Å². The van der Waals surface area contributed by atoms with E-state index in [1.165, 1.54) is 0 Å². The molecule has 4 N–H and O–H groups in total. The van der Waals surface area contributed by atoms with Crippen LogP contribution in [-0.4, -0.2) is 54.9 Å². The maximum absolute atomic E-state index is 11.5. The van der Waals surface area contributed by atoms with E-state index in [0.717, 1.165) is 5.75 Å². The third-order valence-electron chi connectivity index (χ3n) is 2.24. The van der Waals surface area contributed by atoms with E-state index < -0.39 is 12.1 Å². The average molecular weight is 278 g/mol. The van der Waals surface area contributed by atoms with Gasteiger partial charge in [-0.25, -0.2) is 0 Å². The number of amides is 1. The molecule has 0 fully saturated rings. The fraction of sp³-hybridized carbons (Fsp3) is 0.917. The molecular weight excluding hydrogens is 252 g/mol. The molecule has 0 spiro atoms. The number of aliphatic hydroxyl groups is 1. The maximum Gasteiger partial charge on any atom is 0.237 e. The predicted octanol–water partition coefficient (Wildman–Crippen LogP) is 0.217. The van der Waals surface area contributed by atoms with Crippen LogP contribution in [0.1, 0.15) is 20.3 Å². The molecule has 0 rings (SSSR count). The summed E-state index contributed by atoms with van der Waals surface area (Å²) in [6.45, 7) is 5.11. The molecule has 5 nitrogen and oxygen atoms in total. The van der Waals surface area contributed by atoms with Gasteiger partial charge in [0.1, 0.15) is 0 Å². The fourth-order valence-electron chi connectivity index (χ4n) is 1.22.